The Labute approximate surface area is 148 Å². The van der Waals surface area contributed by atoms with E-state index in [9.17, 15) is 14.7 Å². The van der Waals surface area contributed by atoms with E-state index in [1.165, 1.54) is 0 Å². The van der Waals surface area contributed by atoms with Gasteiger partial charge in [-0.3, -0.25) is 9.59 Å². The van der Waals surface area contributed by atoms with Crippen LogP contribution in [0.1, 0.15) is 32.8 Å². The smallest absolute Gasteiger partial charge is 0.309 e. The zero-order valence-electron chi connectivity index (χ0n) is 15.1. The summed E-state index contributed by atoms with van der Waals surface area (Å²) in [6.45, 7) is 6.99. The third-order valence-electron chi connectivity index (χ3n) is 4.23. The first kappa shape index (κ1) is 19.2. The minimum atomic E-state index is -0.537. The molecule has 6 heteroatoms. The third-order valence-corrected chi connectivity index (χ3v) is 4.23. The van der Waals surface area contributed by atoms with Crippen molar-refractivity contribution in [2.24, 2.45) is 5.92 Å². The quantitative estimate of drug-likeness (QED) is 0.797. The summed E-state index contributed by atoms with van der Waals surface area (Å²) in [6.07, 6.45) is 0.496. The number of amides is 1. The molecule has 1 aromatic rings. The molecule has 2 rings (SSSR count). The summed E-state index contributed by atoms with van der Waals surface area (Å²) in [6, 6.07) is 6.66. The van der Waals surface area contributed by atoms with E-state index >= 15 is 0 Å². The Morgan fingerprint density at radius 1 is 1.24 bits per heavy atom. The van der Waals surface area contributed by atoms with Gasteiger partial charge in [0.15, 0.2) is 0 Å². The van der Waals surface area contributed by atoms with Gasteiger partial charge in [-0.25, -0.2) is 0 Å². The van der Waals surface area contributed by atoms with Gasteiger partial charge in [0.25, 0.3) is 0 Å². The van der Waals surface area contributed by atoms with Gasteiger partial charge in [0.05, 0.1) is 24.7 Å². The van der Waals surface area contributed by atoms with Crippen molar-refractivity contribution in [2.75, 3.05) is 19.7 Å². The van der Waals surface area contributed by atoms with Crippen molar-refractivity contribution in [3.63, 3.8) is 0 Å². The van der Waals surface area contributed by atoms with Gasteiger partial charge in [-0.1, -0.05) is 12.1 Å². The lowest BCUT2D eigenvalue weighted by Gasteiger charge is -2.35. The van der Waals surface area contributed by atoms with Crippen LogP contribution in [0, 0.1) is 5.92 Å². The summed E-state index contributed by atoms with van der Waals surface area (Å²) in [5, 5.41) is 9.39. The highest BCUT2D eigenvalue weighted by Gasteiger charge is 2.30. The van der Waals surface area contributed by atoms with Crippen LogP contribution >= 0.6 is 0 Å². The molecular formula is C19H27NO5. The molecule has 138 valence electrons. The van der Waals surface area contributed by atoms with Crippen molar-refractivity contribution in [3.8, 4) is 5.75 Å². The van der Waals surface area contributed by atoms with Crippen LogP contribution in [0.25, 0.3) is 0 Å². The number of aromatic hydroxyl groups is 1. The fourth-order valence-electron chi connectivity index (χ4n) is 3.14. The fourth-order valence-corrected chi connectivity index (χ4v) is 3.14. The topological polar surface area (TPSA) is 76.1 Å². The van der Waals surface area contributed by atoms with Gasteiger partial charge >= 0.3 is 5.97 Å². The summed E-state index contributed by atoms with van der Waals surface area (Å²) in [4.78, 5) is 26.7. The maximum Gasteiger partial charge on any atom is 0.309 e. The Kier molecular flexibility index (Phi) is 6.82. The Bertz CT molecular complexity index is 576. The number of morpholine rings is 1. The average molecular weight is 349 g/mol. The predicted octanol–water partition coefficient (Wildman–Crippen LogP) is 2.14. The molecule has 0 saturated carbocycles. The molecule has 1 fully saturated rings. The van der Waals surface area contributed by atoms with Crippen LogP contribution in [0.2, 0.25) is 0 Å². The zero-order chi connectivity index (χ0) is 18.4. The van der Waals surface area contributed by atoms with Crippen molar-refractivity contribution in [1.29, 1.82) is 0 Å². The summed E-state index contributed by atoms with van der Waals surface area (Å²) >= 11 is 0. The number of hydrogen-bond donors (Lipinski definition) is 1. The van der Waals surface area contributed by atoms with Crippen LogP contribution < -0.4 is 0 Å². The number of esters is 1. The van der Waals surface area contributed by atoms with Crippen LogP contribution in [0.15, 0.2) is 24.3 Å². The molecule has 1 N–H and O–H groups in total. The van der Waals surface area contributed by atoms with Crippen molar-refractivity contribution in [1.82, 2.24) is 4.90 Å². The van der Waals surface area contributed by atoms with E-state index in [4.69, 9.17) is 9.47 Å². The number of phenols is 1. The van der Waals surface area contributed by atoms with E-state index in [0.717, 1.165) is 5.56 Å². The van der Waals surface area contributed by atoms with Gasteiger partial charge in [-0.05, 0) is 44.9 Å². The minimum absolute atomic E-state index is 0.00848. The SMILES string of the molecule is CCOC(=O)C(CC(=O)N1C[C@@H](C)O[C@@H](C)C1)Cc1ccc(O)cc1. The van der Waals surface area contributed by atoms with Gasteiger partial charge in [0.2, 0.25) is 5.91 Å². The standard InChI is InChI=1S/C19H27NO5/c1-4-24-19(23)16(9-15-5-7-17(21)8-6-15)10-18(22)20-11-13(2)25-14(3)12-20/h5-8,13-14,16,21H,4,9-12H2,1-3H3/t13-,14+,16?. The molecule has 1 unspecified atom stereocenters. The highest BCUT2D eigenvalue weighted by atomic mass is 16.5. The number of ether oxygens (including phenoxy) is 2. The molecule has 25 heavy (non-hydrogen) atoms. The molecule has 0 aliphatic carbocycles. The van der Waals surface area contributed by atoms with Crippen LogP contribution in [0.5, 0.6) is 5.75 Å². The first-order valence-corrected chi connectivity index (χ1v) is 8.76. The number of carbonyl (C=O) groups is 2. The Morgan fingerprint density at radius 2 is 1.84 bits per heavy atom. The second-order valence-corrected chi connectivity index (χ2v) is 6.58. The van der Waals surface area contributed by atoms with Crippen LogP contribution in [-0.2, 0) is 25.5 Å². The lowest BCUT2D eigenvalue weighted by atomic mass is 9.95. The van der Waals surface area contributed by atoms with Gasteiger partial charge in [-0.2, -0.15) is 0 Å². The Morgan fingerprint density at radius 3 is 2.40 bits per heavy atom. The second-order valence-electron chi connectivity index (χ2n) is 6.58. The van der Waals surface area contributed by atoms with Crippen LogP contribution in [-0.4, -0.2) is 53.8 Å². The molecule has 0 spiro atoms. The van der Waals surface area contributed by atoms with E-state index in [-0.39, 0.29) is 42.9 Å². The Balaban J connectivity index is 2.05. The third kappa shape index (κ3) is 5.74. The summed E-state index contributed by atoms with van der Waals surface area (Å²) in [5.41, 5.74) is 0.882. The molecule has 1 aliphatic heterocycles. The second kappa shape index (κ2) is 8.85. The number of nitrogens with zero attached hydrogens (tertiary/aromatic N) is 1. The summed E-state index contributed by atoms with van der Waals surface area (Å²) < 4.78 is 10.8. The fraction of sp³-hybridized carbons (Fsp3) is 0.579. The highest BCUT2D eigenvalue weighted by molar-refractivity contribution is 5.83. The largest absolute Gasteiger partial charge is 0.508 e. The molecule has 1 aromatic carbocycles. The number of phenolic OH excluding ortho intramolecular Hbond substituents is 1. The molecule has 0 radical (unpaired) electrons. The number of benzene rings is 1. The molecule has 1 amide bonds. The van der Waals surface area contributed by atoms with Crippen LogP contribution in [0.3, 0.4) is 0 Å². The summed E-state index contributed by atoms with van der Waals surface area (Å²) in [5.74, 6) is -0.786. The van der Waals surface area contributed by atoms with E-state index in [1.807, 2.05) is 13.8 Å². The van der Waals surface area contributed by atoms with E-state index in [2.05, 4.69) is 0 Å². The monoisotopic (exact) mass is 349 g/mol. The highest BCUT2D eigenvalue weighted by Crippen LogP contribution is 2.20. The lowest BCUT2D eigenvalue weighted by molar-refractivity contribution is -0.153. The lowest BCUT2D eigenvalue weighted by Crippen LogP contribution is -2.48. The van der Waals surface area contributed by atoms with Gasteiger partial charge in [0, 0.05) is 19.5 Å². The van der Waals surface area contributed by atoms with E-state index < -0.39 is 5.92 Å². The average Bonchev–Trinajstić information content (AvgIpc) is 2.55. The molecule has 0 aromatic heterocycles. The molecule has 6 nitrogen and oxygen atoms in total. The van der Waals surface area contributed by atoms with Crippen molar-refractivity contribution in [3.05, 3.63) is 29.8 Å². The minimum Gasteiger partial charge on any atom is -0.508 e. The van der Waals surface area contributed by atoms with Gasteiger partial charge in [-0.15, -0.1) is 0 Å². The zero-order valence-corrected chi connectivity index (χ0v) is 15.1. The number of rotatable bonds is 6. The maximum absolute atomic E-state index is 12.7. The molecule has 3 atom stereocenters. The predicted molar refractivity (Wildman–Crippen MR) is 93.1 cm³/mol. The maximum atomic E-state index is 12.7. The molecule has 1 aliphatic rings. The first-order chi connectivity index (χ1) is 11.9. The van der Waals surface area contributed by atoms with Crippen molar-refractivity contribution < 1.29 is 24.2 Å². The van der Waals surface area contributed by atoms with Gasteiger partial charge < -0.3 is 19.5 Å². The molecular weight excluding hydrogens is 322 g/mol. The van der Waals surface area contributed by atoms with Crippen LogP contribution in [0.4, 0.5) is 0 Å². The van der Waals surface area contributed by atoms with Gasteiger partial charge in [0.1, 0.15) is 5.75 Å². The van der Waals surface area contributed by atoms with Crippen molar-refractivity contribution in [2.45, 2.75) is 45.8 Å². The molecule has 0 bridgehead atoms. The van der Waals surface area contributed by atoms with E-state index in [0.29, 0.717) is 19.5 Å². The van der Waals surface area contributed by atoms with E-state index in [1.54, 1.807) is 36.1 Å². The number of carbonyl (C=O) groups excluding carboxylic acids is 2. The Hall–Kier alpha value is -2.08. The normalized spacial score (nSPS) is 21.6. The molecule has 1 heterocycles. The summed E-state index contributed by atoms with van der Waals surface area (Å²) in [7, 11) is 0. The molecule has 1 saturated heterocycles. The number of hydrogen-bond acceptors (Lipinski definition) is 5. The van der Waals surface area contributed by atoms with Crippen molar-refractivity contribution >= 4 is 11.9 Å². The first-order valence-electron chi connectivity index (χ1n) is 8.76.